The van der Waals surface area contributed by atoms with Gasteiger partial charge in [0.15, 0.2) is 11.6 Å². The quantitative estimate of drug-likeness (QED) is 0.576. The predicted molar refractivity (Wildman–Crippen MR) is 115 cm³/mol. The first-order valence-electron chi connectivity index (χ1n) is 10.6. The minimum atomic E-state index is 0.0953. The summed E-state index contributed by atoms with van der Waals surface area (Å²) < 4.78 is 5.64. The Morgan fingerprint density at radius 1 is 1.07 bits per heavy atom. The first kappa shape index (κ1) is 21.3. The molecule has 0 spiro atoms. The van der Waals surface area contributed by atoms with E-state index in [2.05, 4.69) is 36.1 Å². The molecule has 1 fully saturated rings. The minimum absolute atomic E-state index is 0.0953. The molecule has 154 valence electrons. The van der Waals surface area contributed by atoms with E-state index in [4.69, 9.17) is 4.74 Å². The van der Waals surface area contributed by atoms with Crippen LogP contribution in [0.4, 0.5) is 0 Å². The zero-order valence-electron chi connectivity index (χ0n) is 17.5. The summed E-state index contributed by atoms with van der Waals surface area (Å²) in [5, 5.41) is 0. The van der Waals surface area contributed by atoms with Crippen LogP contribution < -0.4 is 4.74 Å². The Labute approximate surface area is 173 Å². The number of Topliss-reactive ketones (excluding diaryl/α,β-unsaturated/α-hetero) is 2. The number of benzene rings is 2. The van der Waals surface area contributed by atoms with Crippen molar-refractivity contribution < 1.29 is 14.3 Å². The first-order valence-corrected chi connectivity index (χ1v) is 10.6. The monoisotopic (exact) mass is 393 g/mol. The molecule has 29 heavy (non-hydrogen) atoms. The molecule has 1 saturated heterocycles. The third-order valence-electron chi connectivity index (χ3n) is 5.80. The molecule has 1 aliphatic rings. The van der Waals surface area contributed by atoms with E-state index in [0.29, 0.717) is 36.0 Å². The minimum Gasteiger partial charge on any atom is -0.486 e. The van der Waals surface area contributed by atoms with Crippen molar-refractivity contribution in [3.05, 3.63) is 65.7 Å². The second kappa shape index (κ2) is 10.4. The number of hydrogen-bond donors (Lipinski definition) is 0. The lowest BCUT2D eigenvalue weighted by molar-refractivity contribution is -0.122. The molecule has 0 saturated carbocycles. The van der Waals surface area contributed by atoms with Crippen molar-refractivity contribution in [1.29, 1.82) is 0 Å². The Morgan fingerprint density at radius 2 is 1.79 bits per heavy atom. The lowest BCUT2D eigenvalue weighted by atomic mass is 9.83. The van der Waals surface area contributed by atoms with Crippen molar-refractivity contribution in [2.75, 3.05) is 19.7 Å². The second-order valence-corrected chi connectivity index (χ2v) is 8.08. The maximum absolute atomic E-state index is 12.4. The number of ketones is 2. The van der Waals surface area contributed by atoms with Gasteiger partial charge in [-0.05, 0) is 54.6 Å². The molecule has 2 unspecified atom stereocenters. The van der Waals surface area contributed by atoms with Gasteiger partial charge in [0.25, 0.3) is 0 Å². The van der Waals surface area contributed by atoms with Gasteiger partial charge >= 0.3 is 0 Å². The van der Waals surface area contributed by atoms with Gasteiger partial charge in [-0.1, -0.05) is 44.2 Å². The summed E-state index contributed by atoms with van der Waals surface area (Å²) in [6, 6.07) is 17.6. The highest BCUT2D eigenvalue weighted by atomic mass is 16.5. The summed E-state index contributed by atoms with van der Waals surface area (Å²) in [5.74, 6) is 1.81. The SMILES string of the molecule is CCC(=O)c1ccc(OCC(=O)CC2CCN(Cc3ccccc3)CC2C)cc1. The average molecular weight is 394 g/mol. The molecule has 2 aromatic carbocycles. The molecule has 4 nitrogen and oxygen atoms in total. The highest BCUT2D eigenvalue weighted by molar-refractivity contribution is 5.95. The third kappa shape index (κ3) is 6.26. The van der Waals surface area contributed by atoms with Gasteiger partial charge in [0.1, 0.15) is 12.4 Å². The van der Waals surface area contributed by atoms with Crippen LogP contribution in [0.2, 0.25) is 0 Å². The molecule has 4 heteroatoms. The largest absolute Gasteiger partial charge is 0.486 e. The average Bonchev–Trinajstić information content (AvgIpc) is 2.75. The van der Waals surface area contributed by atoms with Crippen LogP contribution in [0.5, 0.6) is 5.75 Å². The number of nitrogens with zero attached hydrogens (tertiary/aromatic N) is 1. The van der Waals surface area contributed by atoms with Crippen LogP contribution in [0, 0.1) is 11.8 Å². The Kier molecular flexibility index (Phi) is 7.59. The molecule has 0 aliphatic carbocycles. The maximum Gasteiger partial charge on any atom is 0.170 e. The lowest BCUT2D eigenvalue weighted by Crippen LogP contribution is -2.39. The van der Waals surface area contributed by atoms with Crippen molar-refractivity contribution >= 4 is 11.6 Å². The van der Waals surface area contributed by atoms with Crippen molar-refractivity contribution in [1.82, 2.24) is 4.90 Å². The molecule has 0 radical (unpaired) electrons. The molecular formula is C25H31NO3. The van der Waals surface area contributed by atoms with Crippen molar-refractivity contribution in [3.63, 3.8) is 0 Å². The number of rotatable bonds is 9. The van der Waals surface area contributed by atoms with Gasteiger partial charge in [-0.2, -0.15) is 0 Å². The van der Waals surface area contributed by atoms with Crippen LogP contribution in [-0.4, -0.2) is 36.2 Å². The Bertz CT molecular complexity index is 801. The van der Waals surface area contributed by atoms with Crippen LogP contribution in [0.3, 0.4) is 0 Å². The fourth-order valence-electron chi connectivity index (χ4n) is 4.03. The highest BCUT2D eigenvalue weighted by Gasteiger charge is 2.27. The standard InChI is InChI=1S/C25H31NO3/c1-3-25(28)21-9-11-24(12-10-21)29-18-23(27)15-22-13-14-26(16-19(22)2)17-20-7-5-4-6-8-20/h4-12,19,22H,3,13-18H2,1-2H3. The van der Waals surface area contributed by atoms with Crippen molar-refractivity contribution in [3.8, 4) is 5.75 Å². The molecule has 3 rings (SSSR count). The van der Waals surface area contributed by atoms with Gasteiger partial charge in [-0.15, -0.1) is 0 Å². The molecule has 2 aromatic rings. The number of hydrogen-bond acceptors (Lipinski definition) is 4. The summed E-state index contributed by atoms with van der Waals surface area (Å²) in [6.07, 6.45) is 2.11. The molecule has 1 aliphatic heterocycles. The van der Waals surface area contributed by atoms with E-state index < -0.39 is 0 Å². The summed E-state index contributed by atoms with van der Waals surface area (Å²) in [4.78, 5) is 26.6. The second-order valence-electron chi connectivity index (χ2n) is 8.08. The Balaban J connectivity index is 1.42. The van der Waals surface area contributed by atoms with E-state index in [1.165, 1.54) is 5.56 Å². The molecule has 0 aromatic heterocycles. The molecular weight excluding hydrogens is 362 g/mol. The zero-order chi connectivity index (χ0) is 20.6. The van der Waals surface area contributed by atoms with E-state index in [1.54, 1.807) is 24.3 Å². The van der Waals surface area contributed by atoms with Gasteiger partial charge < -0.3 is 4.74 Å². The predicted octanol–water partition coefficient (Wildman–Crippen LogP) is 4.78. The van der Waals surface area contributed by atoms with E-state index in [1.807, 2.05) is 13.0 Å². The smallest absolute Gasteiger partial charge is 0.170 e. The van der Waals surface area contributed by atoms with Gasteiger partial charge in [0.2, 0.25) is 0 Å². The van der Waals surface area contributed by atoms with Crippen molar-refractivity contribution in [2.45, 2.75) is 39.7 Å². The number of carbonyl (C=O) groups is 2. The Hall–Kier alpha value is -2.46. The third-order valence-corrected chi connectivity index (χ3v) is 5.80. The normalized spacial score (nSPS) is 19.7. The van der Waals surface area contributed by atoms with Crippen LogP contribution in [-0.2, 0) is 11.3 Å². The molecule has 0 N–H and O–H groups in total. The molecule has 2 atom stereocenters. The van der Waals surface area contributed by atoms with Gasteiger partial charge in [-0.3, -0.25) is 14.5 Å². The van der Waals surface area contributed by atoms with E-state index in [9.17, 15) is 9.59 Å². The van der Waals surface area contributed by atoms with E-state index >= 15 is 0 Å². The number of likely N-dealkylation sites (tertiary alicyclic amines) is 1. The number of ether oxygens (including phenoxy) is 1. The maximum atomic E-state index is 12.4. The topological polar surface area (TPSA) is 46.6 Å². The van der Waals surface area contributed by atoms with Gasteiger partial charge in [-0.25, -0.2) is 0 Å². The van der Waals surface area contributed by atoms with Crippen LogP contribution in [0.1, 0.15) is 49.0 Å². The molecule has 1 heterocycles. The summed E-state index contributed by atoms with van der Waals surface area (Å²) in [6.45, 7) is 7.23. The molecule has 0 bridgehead atoms. The fraction of sp³-hybridized carbons (Fsp3) is 0.440. The van der Waals surface area contributed by atoms with Crippen LogP contribution >= 0.6 is 0 Å². The van der Waals surface area contributed by atoms with Crippen LogP contribution in [0.15, 0.2) is 54.6 Å². The van der Waals surface area contributed by atoms with Gasteiger partial charge in [0.05, 0.1) is 0 Å². The van der Waals surface area contributed by atoms with E-state index in [-0.39, 0.29) is 18.2 Å². The number of piperidine rings is 1. The van der Waals surface area contributed by atoms with Gasteiger partial charge in [0, 0.05) is 31.5 Å². The number of carbonyl (C=O) groups excluding carboxylic acids is 2. The highest BCUT2D eigenvalue weighted by Crippen LogP contribution is 2.27. The fourth-order valence-corrected chi connectivity index (χ4v) is 4.03. The van der Waals surface area contributed by atoms with Crippen LogP contribution in [0.25, 0.3) is 0 Å². The Morgan fingerprint density at radius 3 is 2.45 bits per heavy atom. The zero-order valence-corrected chi connectivity index (χ0v) is 17.5. The first-order chi connectivity index (χ1) is 14.0. The summed E-state index contributed by atoms with van der Waals surface area (Å²) in [5.41, 5.74) is 2.02. The van der Waals surface area contributed by atoms with Crippen molar-refractivity contribution in [2.24, 2.45) is 11.8 Å². The molecule has 0 amide bonds. The summed E-state index contributed by atoms with van der Waals surface area (Å²) >= 11 is 0. The summed E-state index contributed by atoms with van der Waals surface area (Å²) in [7, 11) is 0. The van der Waals surface area contributed by atoms with E-state index in [0.717, 1.165) is 26.1 Å². The lowest BCUT2D eigenvalue weighted by Gasteiger charge is -2.36.